The smallest absolute Gasteiger partial charge is 0.412 e. The van der Waals surface area contributed by atoms with Gasteiger partial charge in [0.1, 0.15) is 17.8 Å². The molecule has 170 valence electrons. The lowest BCUT2D eigenvalue weighted by molar-refractivity contribution is 0.187. The molecule has 0 saturated heterocycles. The van der Waals surface area contributed by atoms with Gasteiger partial charge < -0.3 is 9.47 Å². The average molecular weight is 459 g/mol. The first-order valence-electron chi connectivity index (χ1n) is 10.1. The molecule has 0 spiro atoms. The van der Waals surface area contributed by atoms with Gasteiger partial charge in [-0.2, -0.15) is 5.10 Å². The third kappa shape index (κ3) is 3.79. The van der Waals surface area contributed by atoms with Crippen LogP contribution in [0, 0.1) is 5.82 Å². The van der Waals surface area contributed by atoms with E-state index in [0.29, 0.717) is 17.2 Å². The number of pyridine rings is 2. The van der Waals surface area contributed by atoms with Gasteiger partial charge in [0, 0.05) is 23.5 Å². The van der Waals surface area contributed by atoms with E-state index in [1.807, 2.05) is 28.8 Å². The van der Waals surface area contributed by atoms with Crippen molar-refractivity contribution >= 4 is 17.6 Å². The summed E-state index contributed by atoms with van der Waals surface area (Å²) in [6, 6.07) is 11.7. The molecule has 1 N–H and O–H groups in total. The minimum Gasteiger partial charge on any atom is -0.494 e. The van der Waals surface area contributed by atoms with Crippen LogP contribution in [-0.2, 0) is 4.74 Å². The van der Waals surface area contributed by atoms with Crippen LogP contribution in [0.4, 0.5) is 15.0 Å². The lowest BCUT2D eigenvalue weighted by Gasteiger charge is -2.10. The number of aromatic nitrogens is 6. The molecule has 5 aromatic rings. The van der Waals surface area contributed by atoms with Gasteiger partial charge in [-0.1, -0.05) is 0 Å². The van der Waals surface area contributed by atoms with E-state index in [0.717, 1.165) is 22.6 Å². The Morgan fingerprint density at radius 1 is 1.00 bits per heavy atom. The molecule has 0 aliphatic carbocycles. The summed E-state index contributed by atoms with van der Waals surface area (Å²) in [7, 11) is 2.70. The quantitative estimate of drug-likeness (QED) is 0.424. The third-order valence-electron chi connectivity index (χ3n) is 5.17. The summed E-state index contributed by atoms with van der Waals surface area (Å²) in [6.45, 7) is 0. The zero-order valence-corrected chi connectivity index (χ0v) is 18.1. The number of benzene rings is 1. The normalized spacial score (nSPS) is 10.9. The number of carbonyl (C=O) groups excluding carboxylic acids is 1. The molecule has 1 aromatic carbocycles. The fraction of sp³-hybridized carbons (Fsp3) is 0.0870. The number of anilines is 1. The summed E-state index contributed by atoms with van der Waals surface area (Å²) in [5.74, 6) is 0.562. The summed E-state index contributed by atoms with van der Waals surface area (Å²) in [6.07, 6.45) is 6.07. The lowest BCUT2D eigenvalue weighted by Crippen LogP contribution is -2.11. The van der Waals surface area contributed by atoms with Gasteiger partial charge in [0.05, 0.1) is 31.8 Å². The highest BCUT2D eigenvalue weighted by atomic mass is 19.1. The molecule has 0 aliphatic heterocycles. The van der Waals surface area contributed by atoms with E-state index in [1.54, 1.807) is 35.3 Å². The number of nitrogens with one attached hydrogen (secondary N) is 1. The second kappa shape index (κ2) is 8.62. The van der Waals surface area contributed by atoms with Crippen molar-refractivity contribution in [1.82, 2.24) is 29.1 Å². The van der Waals surface area contributed by atoms with E-state index in [4.69, 9.17) is 4.74 Å². The number of hydrogen-bond acceptors (Lipinski definition) is 7. The van der Waals surface area contributed by atoms with Gasteiger partial charge in [-0.15, -0.1) is 0 Å². The van der Waals surface area contributed by atoms with Gasteiger partial charge in [0.2, 0.25) is 0 Å². The maximum absolute atomic E-state index is 13.9. The number of nitrogens with zero attached hydrogens (tertiary/aromatic N) is 6. The molecule has 10 nitrogen and oxygen atoms in total. The number of amides is 1. The molecule has 0 saturated carbocycles. The fourth-order valence-corrected chi connectivity index (χ4v) is 3.51. The van der Waals surface area contributed by atoms with Crippen molar-refractivity contribution in [2.75, 3.05) is 19.5 Å². The summed E-state index contributed by atoms with van der Waals surface area (Å²) >= 11 is 0. The van der Waals surface area contributed by atoms with Crippen molar-refractivity contribution in [3.8, 4) is 34.1 Å². The minimum absolute atomic E-state index is 0.122. The number of hydrogen-bond donors (Lipinski definition) is 1. The van der Waals surface area contributed by atoms with Crippen LogP contribution >= 0.6 is 0 Å². The number of halogens is 1. The average Bonchev–Trinajstić information content (AvgIpc) is 3.52. The second-order valence-corrected chi connectivity index (χ2v) is 7.15. The topological polar surface area (TPSA) is 108 Å². The Bertz CT molecular complexity index is 1490. The van der Waals surface area contributed by atoms with E-state index >= 15 is 0 Å². The molecular formula is C23H18FN7O3. The van der Waals surface area contributed by atoms with Gasteiger partial charge in [-0.3, -0.25) is 9.72 Å². The highest BCUT2D eigenvalue weighted by Crippen LogP contribution is 2.27. The first kappa shape index (κ1) is 21.1. The molecule has 0 fully saturated rings. The van der Waals surface area contributed by atoms with Crippen LogP contribution in [0.1, 0.15) is 0 Å². The Kier molecular flexibility index (Phi) is 5.34. The Labute approximate surface area is 192 Å². The monoisotopic (exact) mass is 459 g/mol. The molecule has 34 heavy (non-hydrogen) atoms. The molecule has 0 bridgehead atoms. The number of imidazole rings is 1. The van der Waals surface area contributed by atoms with Crippen LogP contribution in [0.3, 0.4) is 0 Å². The Morgan fingerprint density at radius 3 is 2.62 bits per heavy atom. The predicted molar refractivity (Wildman–Crippen MR) is 121 cm³/mol. The van der Waals surface area contributed by atoms with E-state index < -0.39 is 11.9 Å². The molecule has 0 unspecified atom stereocenters. The number of ether oxygens (including phenoxy) is 2. The Morgan fingerprint density at radius 2 is 1.85 bits per heavy atom. The molecule has 4 heterocycles. The van der Waals surface area contributed by atoms with Crippen molar-refractivity contribution in [1.29, 1.82) is 0 Å². The highest BCUT2D eigenvalue weighted by molar-refractivity contribution is 5.83. The number of fused-ring (bicyclic) bond motifs is 1. The van der Waals surface area contributed by atoms with E-state index in [2.05, 4.69) is 30.1 Å². The van der Waals surface area contributed by atoms with Gasteiger partial charge in [0.25, 0.3) is 0 Å². The SMILES string of the molecule is COC(=O)Nc1ccc(-c2cnc3ccc(-n4ncnc4-c4ccc(F)c(OC)c4)cn23)cn1. The molecule has 11 heteroatoms. The number of rotatable bonds is 5. The second-order valence-electron chi connectivity index (χ2n) is 7.15. The maximum atomic E-state index is 13.9. The highest BCUT2D eigenvalue weighted by Gasteiger charge is 2.14. The fourth-order valence-electron chi connectivity index (χ4n) is 3.51. The van der Waals surface area contributed by atoms with Crippen molar-refractivity contribution < 1.29 is 18.7 Å². The van der Waals surface area contributed by atoms with Crippen molar-refractivity contribution in [3.05, 3.63) is 73.2 Å². The summed E-state index contributed by atoms with van der Waals surface area (Å²) in [5, 5.41) is 6.87. The number of carbonyl (C=O) groups is 1. The van der Waals surface area contributed by atoms with Crippen molar-refractivity contribution in [3.63, 3.8) is 0 Å². The van der Waals surface area contributed by atoms with Crippen LogP contribution in [-0.4, -0.2) is 49.4 Å². The van der Waals surface area contributed by atoms with Gasteiger partial charge in [-0.05, 0) is 42.5 Å². The van der Waals surface area contributed by atoms with Crippen molar-refractivity contribution in [2.24, 2.45) is 0 Å². The Hall–Kier alpha value is -4.80. The molecule has 5 rings (SSSR count). The van der Waals surface area contributed by atoms with Gasteiger partial charge in [-0.25, -0.2) is 28.8 Å². The van der Waals surface area contributed by atoms with Crippen LogP contribution in [0.15, 0.2) is 67.4 Å². The zero-order valence-electron chi connectivity index (χ0n) is 18.1. The minimum atomic E-state index is -0.595. The summed E-state index contributed by atoms with van der Waals surface area (Å²) in [5.41, 5.74) is 3.68. The molecule has 1 amide bonds. The molecule has 0 atom stereocenters. The van der Waals surface area contributed by atoms with E-state index in [1.165, 1.54) is 26.6 Å². The first-order valence-corrected chi connectivity index (χ1v) is 10.1. The van der Waals surface area contributed by atoms with E-state index in [9.17, 15) is 9.18 Å². The first-order chi connectivity index (χ1) is 16.6. The van der Waals surface area contributed by atoms with Crippen LogP contribution in [0.2, 0.25) is 0 Å². The molecular weight excluding hydrogens is 441 g/mol. The molecule has 4 aromatic heterocycles. The number of methoxy groups -OCH3 is 2. The standard InChI is InChI=1S/C23H18FN7O3/c1-33-19-9-14(3-6-17(19)24)22-27-13-28-31(22)16-5-8-21-26-11-18(30(21)12-16)15-4-7-20(25-10-15)29-23(32)34-2/h3-13H,1-2H3,(H,25,29,32). The Balaban J connectivity index is 1.53. The van der Waals surface area contributed by atoms with Gasteiger partial charge >= 0.3 is 6.09 Å². The molecule has 0 aliphatic rings. The van der Waals surface area contributed by atoms with Crippen LogP contribution in [0.25, 0.3) is 34.0 Å². The van der Waals surface area contributed by atoms with Crippen LogP contribution in [0.5, 0.6) is 5.75 Å². The summed E-state index contributed by atoms with van der Waals surface area (Å²) < 4.78 is 27.1. The zero-order chi connectivity index (χ0) is 23.7. The van der Waals surface area contributed by atoms with E-state index in [-0.39, 0.29) is 5.75 Å². The third-order valence-corrected chi connectivity index (χ3v) is 5.17. The van der Waals surface area contributed by atoms with Crippen molar-refractivity contribution in [2.45, 2.75) is 0 Å². The molecule has 0 radical (unpaired) electrons. The summed E-state index contributed by atoms with van der Waals surface area (Å²) in [4.78, 5) is 24.4. The largest absolute Gasteiger partial charge is 0.494 e. The van der Waals surface area contributed by atoms with Gasteiger partial charge in [0.15, 0.2) is 17.4 Å². The lowest BCUT2D eigenvalue weighted by atomic mass is 10.2. The maximum Gasteiger partial charge on any atom is 0.412 e. The predicted octanol–water partition coefficient (Wildman–Crippen LogP) is 3.97. The van der Waals surface area contributed by atoms with Crippen LogP contribution < -0.4 is 10.1 Å².